The molecule has 1 unspecified atom stereocenters. The first-order valence-electron chi connectivity index (χ1n) is 3.65. The predicted molar refractivity (Wildman–Crippen MR) is 49.3 cm³/mol. The molecule has 2 N–H and O–H groups in total. The molecule has 4 nitrogen and oxygen atoms in total. The third-order valence-electron chi connectivity index (χ3n) is 1.58. The van der Waals surface area contributed by atoms with Crippen LogP contribution >= 0.6 is 0 Å². The molecule has 5 heteroatoms. The van der Waals surface area contributed by atoms with Crippen molar-refractivity contribution in [2.75, 3.05) is 7.11 Å². The van der Waals surface area contributed by atoms with Crippen molar-refractivity contribution in [2.45, 2.75) is 5.44 Å². The summed E-state index contributed by atoms with van der Waals surface area (Å²) < 4.78 is 26.8. The van der Waals surface area contributed by atoms with Crippen molar-refractivity contribution in [3.63, 3.8) is 0 Å². The summed E-state index contributed by atoms with van der Waals surface area (Å²) in [4.78, 5) is 0. The summed E-state index contributed by atoms with van der Waals surface area (Å²) in [6.45, 7) is 0. The number of nitrogens with two attached hydrogens (primary N) is 1. The fourth-order valence-electron chi connectivity index (χ4n) is 1.07. The number of hydrogen-bond donors (Lipinski definition) is 1. The fourth-order valence-corrected chi connectivity index (χ4v) is 1.87. The van der Waals surface area contributed by atoms with Gasteiger partial charge in [-0.25, -0.2) is 13.6 Å². The van der Waals surface area contributed by atoms with Crippen molar-refractivity contribution in [3.05, 3.63) is 35.9 Å². The van der Waals surface area contributed by atoms with Crippen LogP contribution in [0, 0.1) is 0 Å². The van der Waals surface area contributed by atoms with Crippen LogP contribution in [-0.4, -0.2) is 15.5 Å². The van der Waals surface area contributed by atoms with Crippen molar-refractivity contribution in [2.24, 2.45) is 5.14 Å². The zero-order valence-corrected chi connectivity index (χ0v) is 7.99. The summed E-state index contributed by atoms with van der Waals surface area (Å²) in [7, 11) is -2.38. The minimum atomic E-state index is -3.69. The standard InChI is InChI=1S/C8H11NO3S/c1-12-8(13(9,10)11)7-5-3-2-4-6-7/h2-6,8H,1H3,(H2,9,10,11). The maximum Gasteiger partial charge on any atom is 0.240 e. The van der Waals surface area contributed by atoms with Gasteiger partial charge in [-0.2, -0.15) is 0 Å². The van der Waals surface area contributed by atoms with Gasteiger partial charge in [0.1, 0.15) is 0 Å². The predicted octanol–water partition coefficient (Wildman–Crippen LogP) is 0.620. The average Bonchev–Trinajstić information content (AvgIpc) is 2.05. The van der Waals surface area contributed by atoms with Crippen LogP contribution in [0.15, 0.2) is 30.3 Å². The van der Waals surface area contributed by atoms with Crippen LogP contribution in [0.1, 0.15) is 11.0 Å². The van der Waals surface area contributed by atoms with E-state index in [0.29, 0.717) is 5.56 Å². The molecule has 0 saturated carbocycles. The lowest BCUT2D eigenvalue weighted by Gasteiger charge is -2.12. The van der Waals surface area contributed by atoms with Crippen LogP contribution in [-0.2, 0) is 14.8 Å². The molecule has 1 rings (SSSR count). The number of hydrogen-bond acceptors (Lipinski definition) is 3. The molecule has 0 aromatic heterocycles. The number of primary sulfonamides is 1. The van der Waals surface area contributed by atoms with Crippen molar-refractivity contribution >= 4 is 10.0 Å². The molecule has 0 saturated heterocycles. The fraction of sp³-hybridized carbons (Fsp3) is 0.250. The molecule has 0 aliphatic carbocycles. The van der Waals surface area contributed by atoms with Crippen LogP contribution in [0.25, 0.3) is 0 Å². The largest absolute Gasteiger partial charge is 0.360 e. The Balaban J connectivity index is 3.06. The van der Waals surface area contributed by atoms with Gasteiger partial charge in [0.25, 0.3) is 0 Å². The molecule has 0 radical (unpaired) electrons. The Bertz CT molecular complexity index is 360. The number of sulfonamides is 1. The second-order valence-electron chi connectivity index (χ2n) is 2.57. The highest BCUT2D eigenvalue weighted by Crippen LogP contribution is 2.19. The van der Waals surface area contributed by atoms with E-state index in [0.717, 1.165) is 0 Å². The zero-order valence-electron chi connectivity index (χ0n) is 7.17. The molecular weight excluding hydrogens is 190 g/mol. The highest BCUT2D eigenvalue weighted by Gasteiger charge is 2.22. The maximum atomic E-state index is 11.0. The lowest BCUT2D eigenvalue weighted by Crippen LogP contribution is -2.22. The summed E-state index contributed by atoms with van der Waals surface area (Å²) in [5.41, 5.74) is -0.541. The molecule has 0 heterocycles. The average molecular weight is 201 g/mol. The van der Waals surface area contributed by atoms with Gasteiger partial charge in [0.05, 0.1) is 0 Å². The first-order valence-corrected chi connectivity index (χ1v) is 5.26. The number of rotatable bonds is 3. The molecule has 1 aromatic carbocycles. The van der Waals surface area contributed by atoms with Gasteiger partial charge in [-0.05, 0) is 5.56 Å². The second-order valence-corrected chi connectivity index (χ2v) is 4.17. The normalized spacial score (nSPS) is 14.0. The van der Waals surface area contributed by atoms with Gasteiger partial charge in [-0.3, -0.25) is 0 Å². The number of ether oxygens (including phenoxy) is 1. The SMILES string of the molecule is COC(c1ccccc1)S(N)(=O)=O. The lowest BCUT2D eigenvalue weighted by atomic mass is 10.2. The van der Waals surface area contributed by atoms with Crippen LogP contribution in [0.5, 0.6) is 0 Å². The van der Waals surface area contributed by atoms with Gasteiger partial charge >= 0.3 is 0 Å². The number of methoxy groups -OCH3 is 1. The Morgan fingerprint density at radius 2 is 1.85 bits per heavy atom. The van der Waals surface area contributed by atoms with Crippen LogP contribution in [0.4, 0.5) is 0 Å². The van der Waals surface area contributed by atoms with Gasteiger partial charge in [-0.1, -0.05) is 30.3 Å². The second kappa shape index (κ2) is 3.87. The summed E-state index contributed by atoms with van der Waals surface area (Å²) in [6.07, 6.45) is 0. The van der Waals surface area contributed by atoms with Crippen molar-refractivity contribution in [1.29, 1.82) is 0 Å². The van der Waals surface area contributed by atoms with Gasteiger partial charge in [0.15, 0.2) is 5.44 Å². The van der Waals surface area contributed by atoms with Crippen LogP contribution in [0.3, 0.4) is 0 Å². The molecular formula is C8H11NO3S. The summed E-state index contributed by atoms with van der Waals surface area (Å²) in [5.74, 6) is 0. The lowest BCUT2D eigenvalue weighted by molar-refractivity contribution is 0.166. The Hall–Kier alpha value is -0.910. The van der Waals surface area contributed by atoms with E-state index in [9.17, 15) is 8.42 Å². The van der Waals surface area contributed by atoms with Gasteiger partial charge in [0, 0.05) is 7.11 Å². The van der Waals surface area contributed by atoms with Crippen molar-refractivity contribution in [3.8, 4) is 0 Å². The van der Waals surface area contributed by atoms with E-state index in [4.69, 9.17) is 9.88 Å². The van der Waals surface area contributed by atoms with E-state index in [1.54, 1.807) is 30.3 Å². The Kier molecular flexibility index (Phi) is 3.02. The maximum absolute atomic E-state index is 11.0. The highest BCUT2D eigenvalue weighted by molar-refractivity contribution is 7.89. The van der Waals surface area contributed by atoms with E-state index in [1.807, 2.05) is 0 Å². The van der Waals surface area contributed by atoms with Crippen LogP contribution in [0.2, 0.25) is 0 Å². The van der Waals surface area contributed by atoms with E-state index >= 15 is 0 Å². The number of benzene rings is 1. The van der Waals surface area contributed by atoms with Gasteiger partial charge in [0.2, 0.25) is 10.0 Å². The highest BCUT2D eigenvalue weighted by atomic mass is 32.2. The van der Waals surface area contributed by atoms with Gasteiger partial charge in [-0.15, -0.1) is 0 Å². The summed E-state index contributed by atoms with van der Waals surface area (Å²) in [6, 6.07) is 8.55. The van der Waals surface area contributed by atoms with Crippen molar-refractivity contribution in [1.82, 2.24) is 0 Å². The third-order valence-corrected chi connectivity index (χ3v) is 2.65. The van der Waals surface area contributed by atoms with E-state index in [-0.39, 0.29) is 0 Å². The van der Waals surface area contributed by atoms with E-state index in [1.165, 1.54) is 7.11 Å². The smallest absolute Gasteiger partial charge is 0.240 e. The third kappa shape index (κ3) is 2.51. The Morgan fingerprint density at radius 3 is 2.23 bits per heavy atom. The Labute approximate surface area is 77.4 Å². The summed E-state index contributed by atoms with van der Waals surface area (Å²) >= 11 is 0. The molecule has 0 amide bonds. The van der Waals surface area contributed by atoms with Gasteiger partial charge < -0.3 is 4.74 Å². The minimum Gasteiger partial charge on any atom is -0.360 e. The van der Waals surface area contributed by atoms with Crippen LogP contribution < -0.4 is 5.14 Å². The van der Waals surface area contributed by atoms with E-state index < -0.39 is 15.5 Å². The minimum absolute atomic E-state index is 0.535. The monoisotopic (exact) mass is 201 g/mol. The first-order chi connectivity index (χ1) is 6.05. The molecule has 1 atom stereocenters. The molecule has 1 aromatic rings. The molecule has 0 aliphatic heterocycles. The quantitative estimate of drug-likeness (QED) is 0.779. The molecule has 0 bridgehead atoms. The molecule has 0 spiro atoms. The Morgan fingerprint density at radius 1 is 1.31 bits per heavy atom. The molecule has 0 fully saturated rings. The summed E-state index contributed by atoms with van der Waals surface area (Å²) in [5, 5.41) is 4.97. The molecule has 72 valence electrons. The topological polar surface area (TPSA) is 69.4 Å². The van der Waals surface area contributed by atoms with E-state index in [2.05, 4.69) is 0 Å². The molecule has 0 aliphatic rings. The first kappa shape index (κ1) is 10.2. The zero-order chi connectivity index (χ0) is 9.90. The van der Waals surface area contributed by atoms with Crippen molar-refractivity contribution < 1.29 is 13.2 Å². The molecule has 13 heavy (non-hydrogen) atoms.